The van der Waals surface area contributed by atoms with Crippen LogP contribution in [-0.2, 0) is 4.79 Å². The summed E-state index contributed by atoms with van der Waals surface area (Å²) in [6, 6.07) is 8.47. The first-order valence-corrected chi connectivity index (χ1v) is 7.04. The molecule has 1 heterocycles. The number of nitrogens with one attached hydrogen (secondary N) is 4. The summed E-state index contributed by atoms with van der Waals surface area (Å²) >= 11 is 1.30. The van der Waals surface area contributed by atoms with Gasteiger partial charge in [0.25, 0.3) is 0 Å². The minimum absolute atomic E-state index is 0.192. The molecule has 1 aliphatic heterocycles. The summed E-state index contributed by atoms with van der Waals surface area (Å²) < 4.78 is 0. The molecule has 0 saturated heterocycles. The van der Waals surface area contributed by atoms with Gasteiger partial charge in [0.1, 0.15) is 0 Å². The Kier molecular flexibility index (Phi) is 5.24. The van der Waals surface area contributed by atoms with Gasteiger partial charge < -0.3 is 10.6 Å². The fraction of sp³-hybridized carbons (Fsp3) is 0.250. The quantitative estimate of drug-likeness (QED) is 0.612. The molecule has 0 spiro atoms. The maximum Gasteiger partial charge on any atom is 0.337 e. The molecule has 1 aromatic rings. The number of aliphatic imine (C=N–C) groups is 1. The summed E-state index contributed by atoms with van der Waals surface area (Å²) in [4.78, 5) is 27.1. The number of para-hydroxylation sites is 1. The van der Waals surface area contributed by atoms with Crippen molar-refractivity contribution in [3.63, 3.8) is 0 Å². The second-order valence-corrected chi connectivity index (χ2v) is 4.86. The molecular weight excluding hydrogens is 278 g/mol. The van der Waals surface area contributed by atoms with Gasteiger partial charge in [-0.2, -0.15) is 0 Å². The van der Waals surface area contributed by atoms with Crippen LogP contribution in [-0.4, -0.2) is 35.9 Å². The molecule has 0 bridgehead atoms. The lowest BCUT2D eigenvalue weighted by Crippen LogP contribution is -2.44. The van der Waals surface area contributed by atoms with Crippen molar-refractivity contribution in [2.45, 2.75) is 0 Å². The van der Waals surface area contributed by atoms with E-state index >= 15 is 0 Å². The Morgan fingerprint density at radius 1 is 1.25 bits per heavy atom. The van der Waals surface area contributed by atoms with Gasteiger partial charge in [-0.3, -0.25) is 15.2 Å². The smallest absolute Gasteiger partial charge is 0.337 e. The molecule has 8 heteroatoms. The second-order valence-electron chi connectivity index (χ2n) is 3.90. The number of anilines is 1. The van der Waals surface area contributed by atoms with Crippen molar-refractivity contribution < 1.29 is 9.59 Å². The number of amidine groups is 1. The Balaban J connectivity index is 1.64. The number of hydrogen-bond donors (Lipinski definition) is 4. The zero-order valence-corrected chi connectivity index (χ0v) is 11.5. The van der Waals surface area contributed by atoms with E-state index in [1.165, 1.54) is 11.8 Å². The maximum absolute atomic E-state index is 11.5. The molecule has 0 atom stereocenters. The van der Waals surface area contributed by atoms with E-state index in [-0.39, 0.29) is 11.7 Å². The van der Waals surface area contributed by atoms with Gasteiger partial charge >= 0.3 is 6.03 Å². The lowest BCUT2D eigenvalue weighted by atomic mass is 10.3. The Labute approximate surface area is 120 Å². The molecule has 0 radical (unpaired) electrons. The van der Waals surface area contributed by atoms with Crippen LogP contribution >= 0.6 is 11.8 Å². The molecule has 1 aliphatic rings. The lowest BCUT2D eigenvalue weighted by molar-refractivity contribution is -0.119. The maximum atomic E-state index is 11.5. The van der Waals surface area contributed by atoms with Crippen molar-refractivity contribution in [1.29, 1.82) is 0 Å². The van der Waals surface area contributed by atoms with Gasteiger partial charge in [0, 0.05) is 12.2 Å². The molecule has 106 valence electrons. The second kappa shape index (κ2) is 7.39. The predicted molar refractivity (Wildman–Crippen MR) is 79.5 cm³/mol. The molecule has 7 nitrogen and oxygen atoms in total. The van der Waals surface area contributed by atoms with Gasteiger partial charge in [0.15, 0.2) is 5.17 Å². The zero-order chi connectivity index (χ0) is 14.2. The highest BCUT2D eigenvalue weighted by molar-refractivity contribution is 8.14. The molecule has 4 N–H and O–H groups in total. The molecule has 0 aromatic heterocycles. The Hall–Kier alpha value is -2.22. The molecule has 0 aliphatic carbocycles. The first-order chi connectivity index (χ1) is 9.74. The first-order valence-electron chi connectivity index (χ1n) is 6.06. The number of hydrazine groups is 1. The van der Waals surface area contributed by atoms with Gasteiger partial charge in [0.2, 0.25) is 5.91 Å². The number of benzene rings is 1. The highest BCUT2D eigenvalue weighted by Gasteiger charge is 2.09. The predicted octanol–water partition coefficient (Wildman–Crippen LogP) is 0.532. The number of thioether (sulfide) groups is 1. The van der Waals surface area contributed by atoms with Crippen molar-refractivity contribution in [3.8, 4) is 0 Å². The topological polar surface area (TPSA) is 94.6 Å². The molecule has 0 saturated carbocycles. The summed E-state index contributed by atoms with van der Waals surface area (Å²) in [5.41, 5.74) is 5.26. The van der Waals surface area contributed by atoms with E-state index in [0.29, 0.717) is 5.69 Å². The molecular formula is C12H15N5O2S. The first kappa shape index (κ1) is 14.2. The third-order valence-electron chi connectivity index (χ3n) is 2.33. The Morgan fingerprint density at radius 3 is 2.75 bits per heavy atom. The monoisotopic (exact) mass is 293 g/mol. The largest absolute Gasteiger partial charge is 0.363 e. The highest BCUT2D eigenvalue weighted by atomic mass is 32.2. The van der Waals surface area contributed by atoms with Crippen LogP contribution in [0.5, 0.6) is 0 Å². The molecule has 2 rings (SSSR count). The van der Waals surface area contributed by atoms with Gasteiger partial charge in [-0.25, -0.2) is 10.2 Å². The SMILES string of the molecule is O=C(CSC1=NCCN1)NNC(=O)Nc1ccccc1. The van der Waals surface area contributed by atoms with E-state index in [0.717, 1.165) is 18.3 Å². The van der Waals surface area contributed by atoms with Crippen molar-refractivity contribution >= 4 is 34.6 Å². The molecule has 20 heavy (non-hydrogen) atoms. The van der Waals surface area contributed by atoms with Crippen LogP contribution in [0.15, 0.2) is 35.3 Å². The number of amides is 3. The van der Waals surface area contributed by atoms with Crippen LogP contribution < -0.4 is 21.5 Å². The molecule has 0 fully saturated rings. The van der Waals surface area contributed by atoms with E-state index in [1.807, 2.05) is 6.07 Å². The van der Waals surface area contributed by atoms with Crippen molar-refractivity contribution in [2.24, 2.45) is 4.99 Å². The van der Waals surface area contributed by atoms with Crippen LogP contribution in [0.3, 0.4) is 0 Å². The molecule has 1 aromatic carbocycles. The average Bonchev–Trinajstić information content (AvgIpc) is 2.97. The zero-order valence-electron chi connectivity index (χ0n) is 10.7. The Morgan fingerprint density at radius 2 is 2.05 bits per heavy atom. The van der Waals surface area contributed by atoms with Crippen molar-refractivity contribution in [1.82, 2.24) is 16.2 Å². The fourth-order valence-electron chi connectivity index (χ4n) is 1.45. The van der Waals surface area contributed by atoms with E-state index in [1.54, 1.807) is 24.3 Å². The summed E-state index contributed by atoms with van der Waals surface area (Å²) in [5, 5.41) is 6.39. The molecule has 0 unspecified atom stereocenters. The van der Waals surface area contributed by atoms with Gasteiger partial charge in [-0.05, 0) is 12.1 Å². The van der Waals surface area contributed by atoms with E-state index in [4.69, 9.17) is 0 Å². The number of carbonyl (C=O) groups is 2. The van der Waals surface area contributed by atoms with Crippen molar-refractivity contribution in [3.05, 3.63) is 30.3 Å². The van der Waals surface area contributed by atoms with Crippen molar-refractivity contribution in [2.75, 3.05) is 24.2 Å². The number of rotatable bonds is 3. The van der Waals surface area contributed by atoms with E-state index in [9.17, 15) is 9.59 Å². The molecule has 3 amide bonds. The van der Waals surface area contributed by atoms with Crippen LogP contribution in [0.1, 0.15) is 0 Å². The van der Waals surface area contributed by atoms with Gasteiger partial charge in [-0.15, -0.1) is 0 Å². The number of carbonyl (C=O) groups excluding carboxylic acids is 2. The van der Waals surface area contributed by atoms with Crippen LogP contribution in [0.2, 0.25) is 0 Å². The normalized spacial score (nSPS) is 13.1. The minimum Gasteiger partial charge on any atom is -0.363 e. The highest BCUT2D eigenvalue weighted by Crippen LogP contribution is 2.05. The Bertz CT molecular complexity index is 506. The van der Waals surface area contributed by atoms with Crippen LogP contribution in [0.4, 0.5) is 10.5 Å². The number of hydrogen-bond acceptors (Lipinski definition) is 5. The summed E-state index contributed by atoms with van der Waals surface area (Å²) in [7, 11) is 0. The number of urea groups is 1. The third-order valence-corrected chi connectivity index (χ3v) is 3.28. The third kappa shape index (κ3) is 4.81. The van der Waals surface area contributed by atoms with Crippen LogP contribution in [0.25, 0.3) is 0 Å². The summed E-state index contributed by atoms with van der Waals surface area (Å²) in [5.74, 6) is -0.105. The van der Waals surface area contributed by atoms with Gasteiger partial charge in [0.05, 0.1) is 12.3 Å². The lowest BCUT2D eigenvalue weighted by Gasteiger charge is -2.08. The van der Waals surface area contributed by atoms with E-state index < -0.39 is 6.03 Å². The van der Waals surface area contributed by atoms with Gasteiger partial charge in [-0.1, -0.05) is 30.0 Å². The van der Waals surface area contributed by atoms with Crippen LogP contribution in [0, 0.1) is 0 Å². The minimum atomic E-state index is -0.495. The fourth-order valence-corrected chi connectivity index (χ4v) is 2.18. The standard InChI is InChI=1S/C12H15N5O2S/c18-10(8-20-12-13-6-7-14-12)16-17-11(19)15-9-4-2-1-3-5-9/h1-5H,6-8H2,(H,13,14)(H,16,18)(H2,15,17,19). The average molecular weight is 293 g/mol. The summed E-state index contributed by atoms with van der Waals surface area (Å²) in [6.07, 6.45) is 0. The summed E-state index contributed by atoms with van der Waals surface area (Å²) in [6.45, 7) is 1.55. The number of nitrogens with zero attached hydrogens (tertiary/aromatic N) is 1. The van der Waals surface area contributed by atoms with E-state index in [2.05, 4.69) is 26.5 Å².